The average Bonchev–Trinajstić information content (AvgIpc) is 4.09. The van der Waals surface area contributed by atoms with Gasteiger partial charge in [0, 0.05) is 42.2 Å². The van der Waals surface area contributed by atoms with Gasteiger partial charge in [0.1, 0.15) is 23.3 Å². The molecular weight excluding hydrogens is 733 g/mol. The summed E-state index contributed by atoms with van der Waals surface area (Å²) in [6.07, 6.45) is 8.43. The van der Waals surface area contributed by atoms with Crippen molar-refractivity contribution in [3.63, 3.8) is 0 Å². The van der Waals surface area contributed by atoms with E-state index in [2.05, 4.69) is 16.6 Å². The Bertz CT molecular complexity index is 2030. The number of hydrogen-bond acceptors (Lipinski definition) is 9. The molecule has 1 aromatic heterocycles. The molecule has 2 amide bonds. The smallest absolute Gasteiger partial charge is 0.243 e. The number of pyridine rings is 1. The second kappa shape index (κ2) is 14.5. The first kappa shape index (κ1) is 39.3. The number of nitrogens with zero attached hydrogens (tertiary/aromatic N) is 2. The van der Waals surface area contributed by atoms with Gasteiger partial charge in [-0.2, -0.15) is 0 Å². The van der Waals surface area contributed by atoms with Gasteiger partial charge in [0.25, 0.3) is 0 Å². The van der Waals surface area contributed by atoms with Crippen LogP contribution in [0.1, 0.15) is 91.4 Å². The fourth-order valence-corrected chi connectivity index (χ4v) is 10.2. The van der Waals surface area contributed by atoms with Crippen LogP contribution in [-0.2, 0) is 29.2 Å². The first-order valence-electron chi connectivity index (χ1n) is 19.5. The van der Waals surface area contributed by atoms with Crippen molar-refractivity contribution >= 4 is 44.2 Å². The van der Waals surface area contributed by atoms with Crippen LogP contribution in [0, 0.1) is 40.3 Å². The van der Waals surface area contributed by atoms with Crippen molar-refractivity contribution in [3.8, 4) is 11.6 Å². The predicted molar refractivity (Wildman–Crippen MR) is 200 cm³/mol. The van der Waals surface area contributed by atoms with E-state index in [1.54, 1.807) is 6.07 Å². The van der Waals surface area contributed by atoms with E-state index < -0.39 is 73.8 Å². The minimum atomic E-state index is -4.34. The van der Waals surface area contributed by atoms with Crippen LogP contribution in [-0.4, -0.2) is 78.9 Å². The molecule has 3 heterocycles. The molecule has 14 heteroatoms. The number of aromatic nitrogens is 1. The quantitative estimate of drug-likeness (QED) is 0.285. The maximum absolute atomic E-state index is 14.9. The number of ketones is 2. The number of benzene rings is 1. The van der Waals surface area contributed by atoms with Crippen molar-refractivity contribution in [2.75, 3.05) is 20.3 Å². The van der Waals surface area contributed by atoms with Gasteiger partial charge in [-0.05, 0) is 92.7 Å². The molecule has 0 radical (unpaired) electrons. The van der Waals surface area contributed by atoms with Gasteiger partial charge < -0.3 is 14.4 Å². The van der Waals surface area contributed by atoms with Crippen LogP contribution in [0.5, 0.6) is 11.6 Å². The summed E-state index contributed by atoms with van der Waals surface area (Å²) >= 11 is 0. The summed E-state index contributed by atoms with van der Waals surface area (Å²) in [5, 5.41) is 0.979. The van der Waals surface area contributed by atoms with Crippen molar-refractivity contribution in [2.24, 2.45) is 34.5 Å². The van der Waals surface area contributed by atoms with E-state index >= 15 is 0 Å². The molecule has 7 rings (SSSR count). The number of methoxy groups -OCH3 is 1. The van der Waals surface area contributed by atoms with Crippen molar-refractivity contribution < 1.29 is 45.9 Å². The Kier molecular flexibility index (Phi) is 10.4. The summed E-state index contributed by atoms with van der Waals surface area (Å²) in [6.45, 7) is 4.87. The first-order valence-corrected chi connectivity index (χ1v) is 21.0. The van der Waals surface area contributed by atoms with Crippen LogP contribution in [0.25, 0.3) is 10.8 Å². The first-order chi connectivity index (χ1) is 26.0. The molecule has 3 aliphatic carbocycles. The van der Waals surface area contributed by atoms with Gasteiger partial charge >= 0.3 is 0 Å². The summed E-state index contributed by atoms with van der Waals surface area (Å²) in [4.78, 5) is 62.8. The fraction of sp³-hybridized carbons (Fsp3) is 0.634. The van der Waals surface area contributed by atoms with Gasteiger partial charge in [-0.25, -0.2) is 22.2 Å². The van der Waals surface area contributed by atoms with Crippen LogP contribution >= 0.6 is 0 Å². The maximum atomic E-state index is 14.9. The zero-order valence-electron chi connectivity index (χ0n) is 31.9. The topological polar surface area (TPSA) is 149 Å². The molecule has 2 aromatic rings. The number of fused-ring (bicyclic) bond motifs is 3. The molecule has 11 nitrogen and oxygen atoms in total. The molecule has 3 saturated carbocycles. The van der Waals surface area contributed by atoms with E-state index in [4.69, 9.17) is 9.47 Å². The van der Waals surface area contributed by atoms with E-state index in [-0.39, 0.29) is 80.2 Å². The highest BCUT2D eigenvalue weighted by atomic mass is 32.2. The highest BCUT2D eigenvalue weighted by Gasteiger charge is 2.63. The van der Waals surface area contributed by atoms with E-state index in [1.807, 2.05) is 26.0 Å². The van der Waals surface area contributed by atoms with Crippen molar-refractivity contribution in [1.29, 1.82) is 0 Å². The number of carbonyl (C=O) groups is 4. The molecule has 55 heavy (non-hydrogen) atoms. The SMILES string of the molecule is COc1cc2ccnc(O[C@@H]3C[C@H]4C(=O)C[C@]5(C(=O)NS(=O)(=O)C6(CF)CC6)C[C@H]5/C=C\CC[C@@H](C)C[C@@H](C)[C@H](CC(=O)C5(C)CC5)C(=O)N4C3)c2cc1F. The number of sulfonamides is 1. The largest absolute Gasteiger partial charge is 0.494 e. The molecule has 1 saturated heterocycles. The Morgan fingerprint density at radius 1 is 1.11 bits per heavy atom. The Hall–Kier alpha value is -3.94. The summed E-state index contributed by atoms with van der Waals surface area (Å²) in [7, 11) is -2.98. The number of carbonyl (C=O) groups excluding carboxylic acids is 4. The number of rotatable bonds is 10. The summed E-state index contributed by atoms with van der Waals surface area (Å²) in [6, 6.07) is 3.42. The minimum Gasteiger partial charge on any atom is -0.494 e. The van der Waals surface area contributed by atoms with E-state index in [0.717, 1.165) is 19.3 Å². The normalized spacial score (nSPS) is 32.0. The van der Waals surface area contributed by atoms with Gasteiger partial charge in [0.2, 0.25) is 27.7 Å². The maximum Gasteiger partial charge on any atom is 0.243 e. The van der Waals surface area contributed by atoms with E-state index in [1.165, 1.54) is 30.3 Å². The monoisotopic (exact) mass is 783 g/mol. The molecule has 0 spiro atoms. The van der Waals surface area contributed by atoms with Crippen LogP contribution in [0.2, 0.25) is 0 Å². The summed E-state index contributed by atoms with van der Waals surface area (Å²) in [5.41, 5.74) is -1.86. The molecule has 1 N–H and O–H groups in total. The van der Waals surface area contributed by atoms with Crippen molar-refractivity contribution in [1.82, 2.24) is 14.6 Å². The summed E-state index contributed by atoms with van der Waals surface area (Å²) < 4.78 is 67.1. The standard InChI is InChI=1S/C41H51F2N3O8S/c1-24-7-5-6-8-27-20-41(27,38(50)45-55(51,52)40(23-42)12-13-40)21-33(47)32-17-28(54-36-30-18-31(43)34(53-4)16-26(30)9-14-44-36)22-46(32)37(49)29(25(2)15-24)19-35(48)39(3)10-11-39/h6,8-9,14,16,18,24-25,27-29,32H,5,7,10-13,15,17,19-23H2,1-4H3,(H,45,50)/b8-6-/t24-,25-,27-,28-,29+,32+,41-/m1/s1. The second-order valence-electron chi connectivity index (χ2n) is 17.3. The zero-order valence-corrected chi connectivity index (χ0v) is 32.8. The zero-order chi connectivity index (χ0) is 39.5. The average molecular weight is 784 g/mol. The van der Waals surface area contributed by atoms with Crippen molar-refractivity contribution in [3.05, 3.63) is 42.4 Å². The predicted octanol–water partition coefficient (Wildman–Crippen LogP) is 6.03. The number of allylic oxidation sites excluding steroid dienone is 2. The lowest BCUT2D eigenvalue weighted by atomic mass is 9.79. The van der Waals surface area contributed by atoms with Crippen molar-refractivity contribution in [2.45, 2.75) is 108 Å². The van der Waals surface area contributed by atoms with Crippen LogP contribution in [0.15, 0.2) is 36.5 Å². The third-order valence-corrected chi connectivity index (χ3v) is 15.3. The van der Waals surface area contributed by atoms with Crippen LogP contribution in [0.4, 0.5) is 8.78 Å². The minimum absolute atomic E-state index is 0.0217. The van der Waals surface area contributed by atoms with Gasteiger partial charge in [-0.3, -0.25) is 23.9 Å². The highest BCUT2D eigenvalue weighted by Crippen LogP contribution is 2.58. The van der Waals surface area contributed by atoms with Gasteiger partial charge in [-0.1, -0.05) is 32.9 Å². The molecule has 0 unspecified atom stereocenters. The second-order valence-corrected chi connectivity index (χ2v) is 19.4. The number of ether oxygens (including phenoxy) is 2. The van der Waals surface area contributed by atoms with Gasteiger partial charge in [0.05, 0.1) is 25.1 Å². The van der Waals surface area contributed by atoms with Crippen LogP contribution < -0.4 is 14.2 Å². The molecule has 4 fully saturated rings. The van der Waals surface area contributed by atoms with Gasteiger partial charge in [0.15, 0.2) is 17.3 Å². The Labute approximate surface area is 321 Å². The van der Waals surface area contributed by atoms with Gasteiger partial charge in [-0.15, -0.1) is 0 Å². The molecule has 1 aromatic carbocycles. The molecular formula is C41H51F2N3O8S. The summed E-state index contributed by atoms with van der Waals surface area (Å²) in [5.74, 6) is -3.18. The molecule has 298 valence electrons. The number of alkyl halides is 1. The van der Waals surface area contributed by atoms with E-state index in [0.29, 0.717) is 23.6 Å². The number of halogens is 2. The lowest BCUT2D eigenvalue weighted by Crippen LogP contribution is -2.48. The molecule has 2 aliphatic heterocycles. The molecule has 0 bridgehead atoms. The fourth-order valence-electron chi connectivity index (χ4n) is 8.71. The number of amides is 2. The third kappa shape index (κ3) is 7.51. The third-order valence-electron chi connectivity index (χ3n) is 13.2. The Balaban J connectivity index is 1.23. The number of hydrogen-bond donors (Lipinski definition) is 1. The number of Topliss-reactive ketones (excluding diaryl/α,β-unsaturated/α-hetero) is 2. The molecule has 7 atom stereocenters. The number of nitrogens with one attached hydrogen (secondary N) is 1. The van der Waals surface area contributed by atoms with E-state index in [9.17, 15) is 36.4 Å². The van der Waals surface area contributed by atoms with Crippen LogP contribution in [0.3, 0.4) is 0 Å². The lowest BCUT2D eigenvalue weighted by molar-refractivity contribution is -0.145. The Morgan fingerprint density at radius 2 is 1.85 bits per heavy atom. The Morgan fingerprint density at radius 3 is 2.53 bits per heavy atom. The molecule has 5 aliphatic rings. The lowest BCUT2D eigenvalue weighted by Gasteiger charge is -2.32. The highest BCUT2D eigenvalue weighted by molar-refractivity contribution is 7.91.